The number of fused-ring (bicyclic) bond motifs is 1. The number of carbonyl (C=O) groups is 1. The first-order chi connectivity index (χ1) is 11.7. The van der Waals surface area contributed by atoms with Crippen molar-refractivity contribution in [1.82, 2.24) is 0 Å². The molecule has 0 fully saturated rings. The van der Waals surface area contributed by atoms with Gasteiger partial charge in [-0.15, -0.1) is 0 Å². The molecule has 1 aliphatic rings. The normalized spacial score (nSPS) is 12.5. The first-order valence-electron chi connectivity index (χ1n) is 7.54. The zero-order valence-electron chi connectivity index (χ0n) is 13.1. The molecule has 0 aromatic heterocycles. The summed E-state index contributed by atoms with van der Waals surface area (Å²) in [5.41, 5.74) is 2.06. The number of carbonyl (C=O) groups excluding carboxylic acids is 1. The van der Waals surface area contributed by atoms with Crippen LogP contribution in [0.5, 0.6) is 11.5 Å². The first-order valence-corrected chi connectivity index (χ1v) is 8.33. The van der Waals surface area contributed by atoms with E-state index < -0.39 is 0 Å². The fourth-order valence-corrected chi connectivity index (χ4v) is 2.66. The second-order valence-electron chi connectivity index (χ2n) is 5.11. The molecule has 24 heavy (non-hydrogen) atoms. The molecule has 1 amide bonds. The second-order valence-corrected chi connectivity index (χ2v) is 6.03. The highest BCUT2D eigenvalue weighted by Gasteiger charge is 2.12. The number of halogens is 1. The third kappa shape index (κ3) is 3.86. The van der Waals surface area contributed by atoms with E-state index in [1.165, 1.54) is 6.26 Å². The van der Waals surface area contributed by atoms with Crippen LogP contribution in [0.3, 0.4) is 0 Å². The van der Waals surface area contributed by atoms with Crippen LogP contribution in [-0.2, 0) is 4.79 Å². The molecule has 2 aromatic carbocycles. The van der Waals surface area contributed by atoms with Crippen LogP contribution in [-0.4, -0.2) is 12.5 Å². The summed E-state index contributed by atoms with van der Waals surface area (Å²) in [7, 11) is 0. The molecule has 0 spiro atoms. The molecular formula is C19H16BrNO3. The summed E-state index contributed by atoms with van der Waals surface area (Å²) in [6.45, 7) is 2.54. The van der Waals surface area contributed by atoms with E-state index in [0.717, 1.165) is 15.8 Å². The third-order valence-electron chi connectivity index (χ3n) is 3.41. The van der Waals surface area contributed by atoms with Crippen molar-refractivity contribution in [3.8, 4) is 11.5 Å². The van der Waals surface area contributed by atoms with Gasteiger partial charge in [-0.3, -0.25) is 4.79 Å². The Labute approximate surface area is 148 Å². The van der Waals surface area contributed by atoms with Gasteiger partial charge in [0.25, 0.3) is 5.91 Å². The van der Waals surface area contributed by atoms with E-state index >= 15 is 0 Å². The Morgan fingerprint density at radius 3 is 2.75 bits per heavy atom. The number of nitrogens with one attached hydrogen (secondary N) is 1. The van der Waals surface area contributed by atoms with Crippen molar-refractivity contribution in [2.24, 2.45) is 0 Å². The minimum Gasteiger partial charge on any atom is -0.494 e. The molecule has 3 rings (SSSR count). The molecule has 0 bridgehead atoms. The number of rotatable bonds is 4. The van der Waals surface area contributed by atoms with Crippen LogP contribution in [0.1, 0.15) is 12.5 Å². The van der Waals surface area contributed by atoms with Gasteiger partial charge in [0.1, 0.15) is 11.5 Å². The van der Waals surface area contributed by atoms with E-state index in [0.29, 0.717) is 23.6 Å². The van der Waals surface area contributed by atoms with Crippen molar-refractivity contribution in [3.05, 3.63) is 70.4 Å². The molecule has 0 aliphatic carbocycles. The van der Waals surface area contributed by atoms with Crippen molar-refractivity contribution in [2.45, 2.75) is 6.92 Å². The van der Waals surface area contributed by atoms with Gasteiger partial charge >= 0.3 is 0 Å². The molecule has 0 radical (unpaired) electrons. The molecule has 1 N–H and O–H groups in total. The van der Waals surface area contributed by atoms with E-state index in [1.54, 1.807) is 12.2 Å². The SMILES string of the molecule is CCOc1ccc(NC(=O)C2=Cc3cc(Br)ccc3OC=C2)cc1. The molecule has 2 aromatic rings. The van der Waals surface area contributed by atoms with Gasteiger partial charge in [0.15, 0.2) is 0 Å². The highest BCUT2D eigenvalue weighted by atomic mass is 79.9. The predicted molar refractivity (Wildman–Crippen MR) is 98.1 cm³/mol. The number of hydrogen-bond acceptors (Lipinski definition) is 3. The lowest BCUT2D eigenvalue weighted by Gasteiger charge is -2.07. The first kappa shape index (κ1) is 16.3. The molecule has 122 valence electrons. The predicted octanol–water partition coefficient (Wildman–Crippen LogP) is 4.78. The maximum absolute atomic E-state index is 12.5. The minimum atomic E-state index is -0.202. The molecule has 5 heteroatoms. The van der Waals surface area contributed by atoms with Crippen molar-refractivity contribution < 1.29 is 14.3 Å². The molecule has 1 aliphatic heterocycles. The Bertz CT molecular complexity index is 810. The molecule has 0 saturated carbocycles. The number of hydrogen-bond donors (Lipinski definition) is 1. The van der Waals surface area contributed by atoms with Crippen molar-refractivity contribution in [3.63, 3.8) is 0 Å². The quantitative estimate of drug-likeness (QED) is 0.823. The van der Waals surface area contributed by atoms with E-state index in [2.05, 4.69) is 21.2 Å². The fraction of sp³-hybridized carbons (Fsp3) is 0.105. The molecule has 1 heterocycles. The molecule has 0 saturated heterocycles. The minimum absolute atomic E-state index is 0.202. The summed E-state index contributed by atoms with van der Waals surface area (Å²) in [6.07, 6.45) is 4.97. The Balaban J connectivity index is 1.79. The monoisotopic (exact) mass is 385 g/mol. The number of anilines is 1. The van der Waals surface area contributed by atoms with Gasteiger partial charge < -0.3 is 14.8 Å². The highest BCUT2D eigenvalue weighted by Crippen LogP contribution is 2.28. The number of benzene rings is 2. The van der Waals surface area contributed by atoms with Crippen molar-refractivity contribution in [2.75, 3.05) is 11.9 Å². The van der Waals surface area contributed by atoms with E-state index in [1.807, 2.05) is 49.4 Å². The van der Waals surface area contributed by atoms with E-state index in [9.17, 15) is 4.79 Å². The fourth-order valence-electron chi connectivity index (χ4n) is 2.28. The largest absolute Gasteiger partial charge is 0.494 e. The summed E-state index contributed by atoms with van der Waals surface area (Å²) in [4.78, 5) is 12.5. The third-order valence-corrected chi connectivity index (χ3v) is 3.90. The zero-order chi connectivity index (χ0) is 16.9. The Morgan fingerprint density at radius 2 is 2.00 bits per heavy atom. The lowest BCUT2D eigenvalue weighted by Crippen LogP contribution is -2.13. The Morgan fingerprint density at radius 1 is 1.21 bits per heavy atom. The standard InChI is InChI=1S/C19H16BrNO3/c1-2-23-17-6-4-16(5-7-17)21-19(22)13-9-10-24-18-8-3-15(20)12-14(18)11-13/h3-12H,2H2,1H3,(H,21,22). The van der Waals surface area contributed by atoms with Crippen molar-refractivity contribution in [1.29, 1.82) is 0 Å². The average molecular weight is 386 g/mol. The van der Waals surface area contributed by atoms with Crippen LogP contribution >= 0.6 is 15.9 Å². The van der Waals surface area contributed by atoms with Crippen LogP contribution < -0.4 is 14.8 Å². The van der Waals surface area contributed by atoms with E-state index in [4.69, 9.17) is 9.47 Å². The molecule has 0 atom stereocenters. The maximum Gasteiger partial charge on any atom is 0.255 e. The topological polar surface area (TPSA) is 47.6 Å². The summed E-state index contributed by atoms with van der Waals surface area (Å²) in [6, 6.07) is 12.9. The van der Waals surface area contributed by atoms with Crippen LogP contribution in [0, 0.1) is 0 Å². The van der Waals surface area contributed by atoms with Crippen LogP contribution in [0.25, 0.3) is 6.08 Å². The van der Waals surface area contributed by atoms with Crippen molar-refractivity contribution >= 4 is 33.6 Å². The van der Waals surface area contributed by atoms with Gasteiger partial charge in [-0.05, 0) is 61.5 Å². The van der Waals surface area contributed by atoms with Gasteiger partial charge in [0, 0.05) is 21.3 Å². The maximum atomic E-state index is 12.5. The van der Waals surface area contributed by atoms with Gasteiger partial charge in [-0.1, -0.05) is 15.9 Å². The number of ether oxygens (including phenoxy) is 2. The smallest absolute Gasteiger partial charge is 0.255 e. The Hall–Kier alpha value is -2.53. The molecule has 4 nitrogen and oxygen atoms in total. The van der Waals surface area contributed by atoms with Crippen LogP contribution in [0.2, 0.25) is 0 Å². The highest BCUT2D eigenvalue weighted by molar-refractivity contribution is 9.10. The average Bonchev–Trinajstić information content (AvgIpc) is 2.79. The number of amides is 1. The van der Waals surface area contributed by atoms with Gasteiger partial charge in [0.05, 0.1) is 12.9 Å². The summed E-state index contributed by atoms with van der Waals surface area (Å²) in [5, 5.41) is 2.87. The van der Waals surface area contributed by atoms with Crippen LogP contribution in [0.15, 0.2) is 64.8 Å². The van der Waals surface area contributed by atoms with Gasteiger partial charge in [-0.2, -0.15) is 0 Å². The molecular weight excluding hydrogens is 370 g/mol. The van der Waals surface area contributed by atoms with Gasteiger partial charge in [0.2, 0.25) is 0 Å². The second kappa shape index (κ2) is 7.36. The lowest BCUT2D eigenvalue weighted by atomic mass is 10.1. The van der Waals surface area contributed by atoms with E-state index in [-0.39, 0.29) is 5.91 Å². The van der Waals surface area contributed by atoms with Gasteiger partial charge in [-0.25, -0.2) is 0 Å². The Kier molecular flexibility index (Phi) is 5.01. The zero-order valence-corrected chi connectivity index (χ0v) is 14.7. The van der Waals surface area contributed by atoms with Crippen LogP contribution in [0.4, 0.5) is 5.69 Å². The molecule has 0 unspecified atom stereocenters. The lowest BCUT2D eigenvalue weighted by molar-refractivity contribution is -0.112. The summed E-state index contributed by atoms with van der Waals surface area (Å²) >= 11 is 3.43. The summed E-state index contributed by atoms with van der Waals surface area (Å²) < 4.78 is 11.8. The summed E-state index contributed by atoms with van der Waals surface area (Å²) in [5.74, 6) is 1.28.